The summed E-state index contributed by atoms with van der Waals surface area (Å²) in [6.45, 7) is 1.70. The van der Waals surface area contributed by atoms with Crippen molar-refractivity contribution in [1.82, 2.24) is 10.6 Å². The Morgan fingerprint density at radius 3 is 2.44 bits per heavy atom. The maximum absolute atomic E-state index is 12.0. The highest BCUT2D eigenvalue weighted by Gasteiger charge is 2.08. The Bertz CT molecular complexity index is 1070. The Morgan fingerprint density at radius 2 is 1.68 bits per heavy atom. The zero-order chi connectivity index (χ0) is 24.0. The van der Waals surface area contributed by atoms with E-state index < -0.39 is 6.10 Å². The average molecular weight is 461 g/mol. The molecule has 0 heterocycles. The van der Waals surface area contributed by atoms with E-state index in [0.29, 0.717) is 43.2 Å². The number of rotatable bonds is 12. The van der Waals surface area contributed by atoms with Crippen molar-refractivity contribution < 1.29 is 19.4 Å². The number of carbonyl (C=O) groups is 1. The number of nitrogens with one attached hydrogen (secondary N) is 3. The number of anilines is 1. The molecule has 3 rings (SSSR count). The van der Waals surface area contributed by atoms with E-state index in [9.17, 15) is 9.90 Å². The molecule has 1 atom stereocenters. The third-order valence-corrected chi connectivity index (χ3v) is 4.77. The molecule has 0 saturated carbocycles. The molecule has 8 nitrogen and oxygen atoms in total. The SMILES string of the molecule is N#Cc1ccccc1OC[C@@H](O)CNCCNC(=O)Nc1ccc(OCc2ccccc2)cc1. The van der Waals surface area contributed by atoms with Crippen molar-refractivity contribution in [2.75, 3.05) is 31.6 Å². The zero-order valence-electron chi connectivity index (χ0n) is 18.7. The van der Waals surface area contributed by atoms with Crippen LogP contribution in [-0.4, -0.2) is 43.5 Å². The van der Waals surface area contributed by atoms with Crippen LogP contribution in [0.5, 0.6) is 11.5 Å². The van der Waals surface area contributed by atoms with Crippen LogP contribution in [0.2, 0.25) is 0 Å². The molecule has 0 aliphatic carbocycles. The number of hydrogen-bond acceptors (Lipinski definition) is 6. The van der Waals surface area contributed by atoms with E-state index in [1.165, 1.54) is 0 Å². The van der Waals surface area contributed by atoms with Gasteiger partial charge in [-0.3, -0.25) is 0 Å². The number of nitriles is 1. The van der Waals surface area contributed by atoms with E-state index in [-0.39, 0.29) is 12.6 Å². The van der Waals surface area contributed by atoms with Gasteiger partial charge in [-0.2, -0.15) is 5.26 Å². The maximum Gasteiger partial charge on any atom is 0.319 e. The number of nitrogens with zero attached hydrogens (tertiary/aromatic N) is 1. The third kappa shape index (κ3) is 8.47. The van der Waals surface area contributed by atoms with Gasteiger partial charge in [-0.1, -0.05) is 42.5 Å². The van der Waals surface area contributed by atoms with Crippen LogP contribution >= 0.6 is 0 Å². The van der Waals surface area contributed by atoms with Crippen LogP contribution in [0.4, 0.5) is 10.5 Å². The molecule has 176 valence electrons. The minimum atomic E-state index is -0.747. The van der Waals surface area contributed by atoms with Crippen LogP contribution in [0.3, 0.4) is 0 Å². The molecule has 3 aromatic carbocycles. The molecule has 4 N–H and O–H groups in total. The van der Waals surface area contributed by atoms with E-state index in [4.69, 9.17) is 14.7 Å². The first kappa shape index (κ1) is 24.6. The number of aliphatic hydroxyl groups is 1. The summed E-state index contributed by atoms with van der Waals surface area (Å²) in [6, 6.07) is 25.6. The molecule has 0 bridgehead atoms. The minimum absolute atomic E-state index is 0.0602. The standard InChI is InChI=1S/C26H28N4O4/c27-16-21-8-4-5-9-25(21)34-19-23(31)17-28-14-15-29-26(32)30-22-10-12-24(13-11-22)33-18-20-6-2-1-3-7-20/h1-13,23,28,31H,14-15,17-19H2,(H2,29,30,32)/t23-/m0/s1. The number of benzene rings is 3. The van der Waals surface area contributed by atoms with Gasteiger partial charge < -0.3 is 30.5 Å². The van der Waals surface area contributed by atoms with Crippen LogP contribution in [-0.2, 0) is 6.61 Å². The molecular weight excluding hydrogens is 432 g/mol. The second-order valence-corrected chi connectivity index (χ2v) is 7.46. The third-order valence-electron chi connectivity index (χ3n) is 4.77. The lowest BCUT2D eigenvalue weighted by atomic mass is 10.2. The van der Waals surface area contributed by atoms with Crippen molar-refractivity contribution in [3.8, 4) is 17.6 Å². The van der Waals surface area contributed by atoms with Gasteiger partial charge in [0.2, 0.25) is 0 Å². The zero-order valence-corrected chi connectivity index (χ0v) is 18.7. The van der Waals surface area contributed by atoms with Crippen LogP contribution in [0.25, 0.3) is 0 Å². The second kappa shape index (κ2) is 13.5. The lowest BCUT2D eigenvalue weighted by molar-refractivity contribution is 0.106. The molecule has 0 aliphatic heterocycles. The number of carbonyl (C=O) groups excluding carboxylic acids is 1. The van der Waals surface area contributed by atoms with Gasteiger partial charge in [-0.15, -0.1) is 0 Å². The highest BCUT2D eigenvalue weighted by Crippen LogP contribution is 2.17. The lowest BCUT2D eigenvalue weighted by Crippen LogP contribution is -2.38. The van der Waals surface area contributed by atoms with Gasteiger partial charge >= 0.3 is 6.03 Å². The number of urea groups is 1. The molecule has 0 aliphatic rings. The van der Waals surface area contributed by atoms with E-state index in [1.807, 2.05) is 36.4 Å². The number of amides is 2. The Kier molecular flexibility index (Phi) is 9.74. The molecule has 2 amide bonds. The minimum Gasteiger partial charge on any atom is -0.489 e. The summed E-state index contributed by atoms with van der Waals surface area (Å²) in [7, 11) is 0. The van der Waals surface area contributed by atoms with Gasteiger partial charge in [0.25, 0.3) is 0 Å². The lowest BCUT2D eigenvalue weighted by Gasteiger charge is -2.14. The van der Waals surface area contributed by atoms with Crippen LogP contribution < -0.4 is 25.4 Å². The summed E-state index contributed by atoms with van der Waals surface area (Å²) in [5.74, 6) is 1.16. The molecule has 0 radical (unpaired) electrons. The van der Waals surface area contributed by atoms with Crippen molar-refractivity contribution in [1.29, 1.82) is 5.26 Å². The molecule has 0 spiro atoms. The average Bonchev–Trinajstić information content (AvgIpc) is 2.87. The predicted molar refractivity (Wildman–Crippen MR) is 130 cm³/mol. The fourth-order valence-corrected chi connectivity index (χ4v) is 3.01. The van der Waals surface area contributed by atoms with Gasteiger partial charge in [-0.25, -0.2) is 4.79 Å². The second-order valence-electron chi connectivity index (χ2n) is 7.46. The van der Waals surface area contributed by atoms with E-state index in [0.717, 1.165) is 11.3 Å². The smallest absolute Gasteiger partial charge is 0.319 e. The number of para-hydroxylation sites is 1. The van der Waals surface area contributed by atoms with E-state index in [1.54, 1.807) is 48.5 Å². The van der Waals surface area contributed by atoms with Gasteiger partial charge in [0, 0.05) is 25.3 Å². The van der Waals surface area contributed by atoms with Crippen LogP contribution in [0.1, 0.15) is 11.1 Å². The summed E-state index contributed by atoms with van der Waals surface area (Å²) in [5.41, 5.74) is 2.16. The van der Waals surface area contributed by atoms with E-state index >= 15 is 0 Å². The van der Waals surface area contributed by atoms with Gasteiger partial charge in [0.05, 0.1) is 5.56 Å². The quantitative estimate of drug-likeness (QED) is 0.308. The Morgan fingerprint density at radius 1 is 0.941 bits per heavy atom. The summed E-state index contributed by atoms with van der Waals surface area (Å²) >= 11 is 0. The van der Waals surface area contributed by atoms with Crippen molar-refractivity contribution in [2.45, 2.75) is 12.7 Å². The highest BCUT2D eigenvalue weighted by atomic mass is 16.5. The molecule has 0 unspecified atom stereocenters. The van der Waals surface area contributed by atoms with E-state index in [2.05, 4.69) is 16.0 Å². The van der Waals surface area contributed by atoms with Gasteiger partial charge in [-0.05, 0) is 42.0 Å². The summed E-state index contributed by atoms with van der Waals surface area (Å²) in [6.07, 6.45) is -0.747. The molecule has 0 aromatic heterocycles. The molecule has 3 aromatic rings. The molecule has 0 fully saturated rings. The van der Waals surface area contributed by atoms with Gasteiger partial charge in [0.1, 0.15) is 36.9 Å². The Balaban J connectivity index is 1.27. The maximum atomic E-state index is 12.0. The number of hydrogen-bond donors (Lipinski definition) is 4. The Hall–Kier alpha value is -4.06. The van der Waals surface area contributed by atoms with Crippen molar-refractivity contribution in [3.05, 3.63) is 90.0 Å². The largest absolute Gasteiger partial charge is 0.489 e. The topological polar surface area (TPSA) is 116 Å². The molecule has 34 heavy (non-hydrogen) atoms. The van der Waals surface area contributed by atoms with Crippen LogP contribution in [0, 0.1) is 11.3 Å². The predicted octanol–water partition coefficient (Wildman–Crippen LogP) is 3.29. The monoisotopic (exact) mass is 460 g/mol. The fourth-order valence-electron chi connectivity index (χ4n) is 3.01. The normalized spacial score (nSPS) is 11.2. The molecular formula is C26H28N4O4. The number of ether oxygens (including phenoxy) is 2. The fraction of sp³-hybridized carbons (Fsp3) is 0.231. The molecule has 8 heteroatoms. The summed E-state index contributed by atoms with van der Waals surface area (Å²) in [4.78, 5) is 12.0. The molecule has 0 saturated heterocycles. The van der Waals surface area contributed by atoms with Gasteiger partial charge in [0.15, 0.2) is 0 Å². The highest BCUT2D eigenvalue weighted by molar-refractivity contribution is 5.89. The number of aliphatic hydroxyl groups excluding tert-OH is 1. The van der Waals surface area contributed by atoms with Crippen molar-refractivity contribution in [3.63, 3.8) is 0 Å². The van der Waals surface area contributed by atoms with Crippen molar-refractivity contribution in [2.24, 2.45) is 0 Å². The Labute approximate surface area is 199 Å². The van der Waals surface area contributed by atoms with Crippen molar-refractivity contribution >= 4 is 11.7 Å². The first-order chi connectivity index (χ1) is 16.6. The first-order valence-corrected chi connectivity index (χ1v) is 11.0. The first-order valence-electron chi connectivity index (χ1n) is 11.0. The van der Waals surface area contributed by atoms with Crippen LogP contribution in [0.15, 0.2) is 78.9 Å². The summed E-state index contributed by atoms with van der Waals surface area (Å²) < 4.78 is 11.2. The summed E-state index contributed by atoms with van der Waals surface area (Å²) in [5, 5.41) is 27.6.